The monoisotopic (exact) mass is 317 g/mol. The summed E-state index contributed by atoms with van der Waals surface area (Å²) in [6.07, 6.45) is 7.06. The Hall–Kier alpha value is -1.62. The predicted molar refractivity (Wildman–Crippen MR) is 91.8 cm³/mol. The molecule has 0 saturated carbocycles. The Bertz CT molecular complexity index is 543. The van der Waals surface area contributed by atoms with Crippen molar-refractivity contribution in [2.24, 2.45) is 5.92 Å². The molecule has 5 nitrogen and oxygen atoms in total. The summed E-state index contributed by atoms with van der Waals surface area (Å²) in [6, 6.07) is 3.92. The minimum atomic E-state index is 0.0605. The summed E-state index contributed by atoms with van der Waals surface area (Å²) in [6.45, 7) is 4.87. The molecule has 0 bridgehead atoms. The lowest BCUT2D eigenvalue weighted by Crippen LogP contribution is -2.39. The van der Waals surface area contributed by atoms with Gasteiger partial charge in [0.15, 0.2) is 5.82 Å². The molecule has 0 radical (unpaired) electrons. The van der Waals surface area contributed by atoms with E-state index in [0.717, 1.165) is 43.9 Å². The molecule has 0 aromatic carbocycles. The smallest absolute Gasteiger partial charge is 0.230 e. The summed E-state index contributed by atoms with van der Waals surface area (Å²) in [5.74, 6) is 1.20. The van der Waals surface area contributed by atoms with Gasteiger partial charge in [0, 0.05) is 38.9 Å². The molecule has 2 aliphatic rings. The first-order valence-corrected chi connectivity index (χ1v) is 8.79. The third-order valence-electron chi connectivity index (χ3n) is 5.04. The SMILES string of the molecule is CCC1CC(C(=O)N(C)c2cccnc2N2CCCC2)CCO1. The zero-order valence-corrected chi connectivity index (χ0v) is 14.2. The highest BCUT2D eigenvalue weighted by Gasteiger charge is 2.31. The molecule has 0 spiro atoms. The fraction of sp³-hybridized carbons (Fsp3) is 0.667. The Kier molecular flexibility index (Phi) is 5.16. The quantitative estimate of drug-likeness (QED) is 0.856. The van der Waals surface area contributed by atoms with Gasteiger partial charge in [-0.15, -0.1) is 0 Å². The number of amides is 1. The van der Waals surface area contributed by atoms with E-state index in [1.54, 1.807) is 0 Å². The Balaban J connectivity index is 1.77. The minimum absolute atomic E-state index is 0.0605. The van der Waals surface area contributed by atoms with Crippen LogP contribution in [-0.4, -0.2) is 43.7 Å². The lowest BCUT2D eigenvalue weighted by Gasteiger charge is -2.32. The second-order valence-corrected chi connectivity index (χ2v) is 6.56. The zero-order chi connectivity index (χ0) is 16.2. The van der Waals surface area contributed by atoms with Crippen LogP contribution in [0.3, 0.4) is 0 Å². The van der Waals surface area contributed by atoms with Gasteiger partial charge in [-0.05, 0) is 44.2 Å². The van der Waals surface area contributed by atoms with Crippen molar-refractivity contribution in [3.8, 4) is 0 Å². The molecule has 3 rings (SSSR count). The van der Waals surface area contributed by atoms with E-state index in [4.69, 9.17) is 4.74 Å². The highest BCUT2D eigenvalue weighted by molar-refractivity contribution is 5.97. The van der Waals surface area contributed by atoms with E-state index < -0.39 is 0 Å². The summed E-state index contributed by atoms with van der Waals surface area (Å²) < 4.78 is 5.71. The van der Waals surface area contributed by atoms with Crippen LogP contribution in [0.25, 0.3) is 0 Å². The molecule has 5 heteroatoms. The summed E-state index contributed by atoms with van der Waals surface area (Å²) in [5.41, 5.74) is 0.930. The van der Waals surface area contributed by atoms with Crippen molar-refractivity contribution >= 4 is 17.4 Å². The molecule has 2 atom stereocenters. The van der Waals surface area contributed by atoms with Crippen molar-refractivity contribution in [3.05, 3.63) is 18.3 Å². The molecule has 1 amide bonds. The van der Waals surface area contributed by atoms with Crippen molar-refractivity contribution in [2.75, 3.05) is 36.5 Å². The number of pyridine rings is 1. The second kappa shape index (κ2) is 7.30. The fourth-order valence-electron chi connectivity index (χ4n) is 3.60. The van der Waals surface area contributed by atoms with Crippen LogP contribution < -0.4 is 9.80 Å². The highest BCUT2D eigenvalue weighted by Crippen LogP contribution is 2.31. The highest BCUT2D eigenvalue weighted by atomic mass is 16.5. The Morgan fingerprint density at radius 2 is 2.22 bits per heavy atom. The topological polar surface area (TPSA) is 45.7 Å². The number of ether oxygens (including phenoxy) is 1. The molecule has 126 valence electrons. The van der Waals surface area contributed by atoms with Crippen LogP contribution in [0.2, 0.25) is 0 Å². The number of hydrogen-bond donors (Lipinski definition) is 0. The van der Waals surface area contributed by atoms with Crippen molar-refractivity contribution in [3.63, 3.8) is 0 Å². The van der Waals surface area contributed by atoms with Crippen molar-refractivity contribution in [2.45, 2.75) is 45.1 Å². The summed E-state index contributed by atoms with van der Waals surface area (Å²) in [4.78, 5) is 21.6. The summed E-state index contributed by atoms with van der Waals surface area (Å²) in [7, 11) is 1.88. The maximum atomic E-state index is 13.0. The number of rotatable bonds is 4. The molecule has 0 N–H and O–H groups in total. The van der Waals surface area contributed by atoms with Gasteiger partial charge in [0.1, 0.15) is 0 Å². The van der Waals surface area contributed by atoms with Gasteiger partial charge < -0.3 is 14.5 Å². The van der Waals surface area contributed by atoms with Gasteiger partial charge >= 0.3 is 0 Å². The molecule has 2 unspecified atom stereocenters. The first kappa shape index (κ1) is 16.2. The second-order valence-electron chi connectivity index (χ2n) is 6.56. The van der Waals surface area contributed by atoms with Crippen LogP contribution in [0.5, 0.6) is 0 Å². The van der Waals surface area contributed by atoms with E-state index in [2.05, 4.69) is 16.8 Å². The van der Waals surface area contributed by atoms with Crippen LogP contribution in [0.15, 0.2) is 18.3 Å². The number of hydrogen-bond acceptors (Lipinski definition) is 4. The van der Waals surface area contributed by atoms with Crippen LogP contribution in [0, 0.1) is 5.92 Å². The average molecular weight is 317 g/mol. The van der Waals surface area contributed by atoms with Crippen LogP contribution in [-0.2, 0) is 9.53 Å². The zero-order valence-electron chi connectivity index (χ0n) is 14.2. The summed E-state index contributed by atoms with van der Waals surface area (Å²) >= 11 is 0. The maximum absolute atomic E-state index is 13.0. The van der Waals surface area contributed by atoms with Crippen molar-refractivity contribution in [1.82, 2.24) is 4.98 Å². The predicted octanol–water partition coefficient (Wildman–Crippen LogP) is 2.85. The summed E-state index contributed by atoms with van der Waals surface area (Å²) in [5, 5.41) is 0. The molecule has 23 heavy (non-hydrogen) atoms. The third-order valence-corrected chi connectivity index (χ3v) is 5.04. The molecule has 0 aliphatic carbocycles. The lowest BCUT2D eigenvalue weighted by molar-refractivity contribution is -0.127. The molecule has 2 fully saturated rings. The lowest BCUT2D eigenvalue weighted by atomic mass is 9.93. The molecular formula is C18H27N3O2. The van der Waals surface area contributed by atoms with Gasteiger partial charge in [0.05, 0.1) is 11.8 Å². The maximum Gasteiger partial charge on any atom is 0.230 e. The first-order valence-electron chi connectivity index (χ1n) is 8.79. The molecule has 1 aromatic heterocycles. The Labute approximate surface area is 138 Å². The van der Waals surface area contributed by atoms with Gasteiger partial charge in [0.25, 0.3) is 0 Å². The van der Waals surface area contributed by atoms with E-state index in [1.807, 2.05) is 30.3 Å². The number of carbonyl (C=O) groups excluding carboxylic acids is 1. The Morgan fingerprint density at radius 1 is 1.43 bits per heavy atom. The largest absolute Gasteiger partial charge is 0.378 e. The van der Waals surface area contributed by atoms with E-state index in [1.165, 1.54) is 12.8 Å². The van der Waals surface area contributed by atoms with Crippen LogP contribution in [0.4, 0.5) is 11.5 Å². The molecule has 1 aromatic rings. The van der Waals surface area contributed by atoms with Crippen LogP contribution in [0.1, 0.15) is 39.0 Å². The van der Waals surface area contributed by atoms with Crippen molar-refractivity contribution in [1.29, 1.82) is 0 Å². The van der Waals surface area contributed by atoms with Gasteiger partial charge in [-0.25, -0.2) is 4.98 Å². The number of carbonyl (C=O) groups is 1. The van der Waals surface area contributed by atoms with E-state index in [0.29, 0.717) is 6.61 Å². The van der Waals surface area contributed by atoms with E-state index >= 15 is 0 Å². The van der Waals surface area contributed by atoms with Gasteiger partial charge in [-0.1, -0.05) is 6.92 Å². The molecule has 2 aliphatic heterocycles. The average Bonchev–Trinajstić information content (AvgIpc) is 3.15. The van der Waals surface area contributed by atoms with Crippen LogP contribution >= 0.6 is 0 Å². The molecule has 3 heterocycles. The fourth-order valence-corrected chi connectivity index (χ4v) is 3.60. The van der Waals surface area contributed by atoms with Crippen molar-refractivity contribution < 1.29 is 9.53 Å². The normalized spacial score (nSPS) is 24.7. The standard InChI is InChI=1S/C18H27N3O2/c1-3-15-13-14(8-12-23-15)18(22)20(2)16-7-6-9-19-17(16)21-10-4-5-11-21/h6-7,9,14-15H,3-5,8,10-13H2,1-2H3. The number of nitrogens with zero attached hydrogens (tertiary/aromatic N) is 3. The van der Waals surface area contributed by atoms with Gasteiger partial charge in [-0.3, -0.25) is 4.79 Å². The first-order chi connectivity index (χ1) is 11.2. The van der Waals surface area contributed by atoms with Gasteiger partial charge in [0.2, 0.25) is 5.91 Å². The number of anilines is 2. The number of aromatic nitrogens is 1. The molecule has 2 saturated heterocycles. The van der Waals surface area contributed by atoms with Gasteiger partial charge in [-0.2, -0.15) is 0 Å². The third kappa shape index (κ3) is 3.50. The minimum Gasteiger partial charge on any atom is -0.378 e. The molecular weight excluding hydrogens is 290 g/mol. The Morgan fingerprint density at radius 3 is 2.96 bits per heavy atom. The van der Waals surface area contributed by atoms with E-state index in [-0.39, 0.29) is 17.9 Å². The van der Waals surface area contributed by atoms with E-state index in [9.17, 15) is 4.79 Å².